The van der Waals surface area contributed by atoms with Gasteiger partial charge in [0.25, 0.3) is 5.91 Å². The predicted octanol–water partition coefficient (Wildman–Crippen LogP) is 2.32. The molecule has 0 spiro atoms. The lowest BCUT2D eigenvalue weighted by molar-refractivity contribution is 0.0705. The minimum atomic E-state index is 0.124. The van der Waals surface area contributed by atoms with Crippen LogP contribution in [0.15, 0.2) is 24.3 Å². The van der Waals surface area contributed by atoms with Crippen molar-refractivity contribution in [2.75, 3.05) is 40.0 Å². The summed E-state index contributed by atoms with van der Waals surface area (Å²) in [7, 11) is 1.65. The van der Waals surface area contributed by atoms with Crippen LogP contribution in [0.25, 0.3) is 0 Å². The van der Waals surface area contributed by atoms with Gasteiger partial charge in [-0.3, -0.25) is 4.79 Å². The molecule has 1 amide bonds. The number of benzene rings is 1. The molecule has 0 radical (unpaired) electrons. The number of amides is 1. The number of piperidine rings is 1. The first-order chi connectivity index (χ1) is 11.8. The maximum atomic E-state index is 12.6. The summed E-state index contributed by atoms with van der Waals surface area (Å²) < 4.78 is 10.5. The highest BCUT2D eigenvalue weighted by molar-refractivity contribution is 5.94. The molecular formula is C19H28N2O3. The number of rotatable bonds is 8. The fraction of sp³-hybridized carbons (Fsp3) is 0.632. The number of carbonyl (C=O) groups is 1. The molecule has 1 aromatic carbocycles. The molecule has 2 fully saturated rings. The van der Waals surface area contributed by atoms with Gasteiger partial charge in [0.2, 0.25) is 0 Å². The minimum absolute atomic E-state index is 0.124. The van der Waals surface area contributed by atoms with Crippen LogP contribution in [0, 0.1) is 5.92 Å². The molecule has 132 valence electrons. The zero-order chi connectivity index (χ0) is 16.8. The molecule has 5 nitrogen and oxygen atoms in total. The van der Waals surface area contributed by atoms with E-state index < -0.39 is 0 Å². The van der Waals surface area contributed by atoms with Gasteiger partial charge in [0, 0.05) is 31.8 Å². The fourth-order valence-corrected chi connectivity index (χ4v) is 3.06. The normalized spacial score (nSPS) is 18.6. The minimum Gasteiger partial charge on any atom is -0.491 e. The maximum absolute atomic E-state index is 12.6. The van der Waals surface area contributed by atoms with Gasteiger partial charge in [-0.1, -0.05) is 0 Å². The Morgan fingerprint density at radius 3 is 2.46 bits per heavy atom. The van der Waals surface area contributed by atoms with E-state index in [-0.39, 0.29) is 5.91 Å². The van der Waals surface area contributed by atoms with E-state index in [1.165, 1.54) is 12.8 Å². The molecule has 0 unspecified atom stereocenters. The Kier molecular flexibility index (Phi) is 6.10. The van der Waals surface area contributed by atoms with Gasteiger partial charge in [-0.05, 0) is 62.4 Å². The van der Waals surface area contributed by atoms with Gasteiger partial charge in [0.1, 0.15) is 12.4 Å². The summed E-state index contributed by atoms with van der Waals surface area (Å²) in [6.45, 7) is 3.92. The number of nitrogens with zero attached hydrogens (tertiary/aromatic N) is 1. The highest BCUT2D eigenvalue weighted by Crippen LogP contribution is 2.28. The van der Waals surface area contributed by atoms with Crippen molar-refractivity contribution < 1.29 is 14.3 Å². The van der Waals surface area contributed by atoms with Gasteiger partial charge in [-0.2, -0.15) is 0 Å². The molecule has 24 heavy (non-hydrogen) atoms. The standard InChI is InChI=1S/C19H28N2O3/c1-23-12-13-24-18-6-4-16(5-7-18)19(22)21-10-8-17(9-11-21)20-14-15-2-3-15/h4-7,15,17,20H,2-3,8-14H2,1H3. The van der Waals surface area contributed by atoms with Gasteiger partial charge >= 0.3 is 0 Å². The Balaban J connectivity index is 1.44. The Morgan fingerprint density at radius 2 is 1.83 bits per heavy atom. The molecule has 0 aromatic heterocycles. The van der Waals surface area contributed by atoms with Crippen LogP contribution in [0.1, 0.15) is 36.0 Å². The van der Waals surface area contributed by atoms with Crippen LogP contribution in [-0.4, -0.2) is 56.8 Å². The van der Waals surface area contributed by atoms with Gasteiger partial charge < -0.3 is 19.7 Å². The quantitative estimate of drug-likeness (QED) is 0.742. The van der Waals surface area contributed by atoms with E-state index in [2.05, 4.69) is 5.32 Å². The average molecular weight is 332 g/mol. The number of methoxy groups -OCH3 is 1. The first-order valence-electron chi connectivity index (χ1n) is 9.00. The molecule has 5 heteroatoms. The summed E-state index contributed by atoms with van der Waals surface area (Å²) in [4.78, 5) is 14.6. The number of likely N-dealkylation sites (tertiary alicyclic amines) is 1. The van der Waals surface area contributed by atoms with Crippen molar-refractivity contribution in [3.63, 3.8) is 0 Å². The van der Waals surface area contributed by atoms with Gasteiger partial charge in [-0.25, -0.2) is 0 Å². The third-order valence-corrected chi connectivity index (χ3v) is 4.83. The third-order valence-electron chi connectivity index (χ3n) is 4.83. The first kappa shape index (κ1) is 17.2. The number of carbonyl (C=O) groups excluding carboxylic acids is 1. The second-order valence-corrected chi connectivity index (χ2v) is 6.78. The van der Waals surface area contributed by atoms with Crippen LogP contribution in [-0.2, 0) is 4.74 Å². The summed E-state index contributed by atoms with van der Waals surface area (Å²) >= 11 is 0. The topological polar surface area (TPSA) is 50.8 Å². The van der Waals surface area contributed by atoms with E-state index in [1.54, 1.807) is 7.11 Å². The molecule has 0 atom stereocenters. The fourth-order valence-electron chi connectivity index (χ4n) is 3.06. The molecule has 2 aliphatic rings. The lowest BCUT2D eigenvalue weighted by atomic mass is 10.0. The molecule has 1 aliphatic carbocycles. The van der Waals surface area contributed by atoms with E-state index in [0.29, 0.717) is 19.3 Å². The van der Waals surface area contributed by atoms with E-state index in [0.717, 1.165) is 49.7 Å². The zero-order valence-electron chi connectivity index (χ0n) is 14.5. The number of nitrogens with one attached hydrogen (secondary N) is 1. The zero-order valence-corrected chi connectivity index (χ0v) is 14.5. The highest BCUT2D eigenvalue weighted by Gasteiger charge is 2.26. The smallest absolute Gasteiger partial charge is 0.253 e. The monoisotopic (exact) mass is 332 g/mol. The van der Waals surface area contributed by atoms with Crippen molar-refractivity contribution in [1.29, 1.82) is 0 Å². The molecule has 1 heterocycles. The van der Waals surface area contributed by atoms with Crippen LogP contribution in [0.3, 0.4) is 0 Å². The van der Waals surface area contributed by atoms with Crippen molar-refractivity contribution in [1.82, 2.24) is 10.2 Å². The van der Waals surface area contributed by atoms with E-state index >= 15 is 0 Å². The Morgan fingerprint density at radius 1 is 1.12 bits per heavy atom. The Bertz CT molecular complexity index is 520. The van der Waals surface area contributed by atoms with Gasteiger partial charge in [-0.15, -0.1) is 0 Å². The summed E-state index contributed by atoms with van der Waals surface area (Å²) in [5.41, 5.74) is 0.735. The number of hydrogen-bond donors (Lipinski definition) is 1. The predicted molar refractivity (Wildman–Crippen MR) is 93.5 cm³/mol. The Labute approximate surface area is 144 Å². The lowest BCUT2D eigenvalue weighted by Crippen LogP contribution is -2.45. The summed E-state index contributed by atoms with van der Waals surface area (Å²) in [6, 6.07) is 7.98. The molecule has 0 bridgehead atoms. The van der Waals surface area contributed by atoms with Crippen LogP contribution in [0.4, 0.5) is 0 Å². The summed E-state index contributed by atoms with van der Waals surface area (Å²) in [6.07, 6.45) is 4.87. The van der Waals surface area contributed by atoms with Crippen LogP contribution < -0.4 is 10.1 Å². The van der Waals surface area contributed by atoms with Gasteiger partial charge in [0.15, 0.2) is 0 Å². The van der Waals surface area contributed by atoms with Crippen molar-refractivity contribution in [2.24, 2.45) is 5.92 Å². The Hall–Kier alpha value is -1.59. The third kappa shape index (κ3) is 4.95. The molecular weight excluding hydrogens is 304 g/mol. The van der Waals surface area contributed by atoms with Crippen LogP contribution in [0.2, 0.25) is 0 Å². The van der Waals surface area contributed by atoms with Crippen molar-refractivity contribution in [2.45, 2.75) is 31.7 Å². The molecule has 1 aromatic rings. The first-order valence-corrected chi connectivity index (χ1v) is 9.00. The molecule has 1 N–H and O–H groups in total. The molecule has 1 saturated carbocycles. The molecule has 1 aliphatic heterocycles. The largest absolute Gasteiger partial charge is 0.491 e. The van der Waals surface area contributed by atoms with Crippen molar-refractivity contribution >= 4 is 5.91 Å². The highest BCUT2D eigenvalue weighted by atomic mass is 16.5. The number of hydrogen-bond acceptors (Lipinski definition) is 4. The van der Waals surface area contributed by atoms with E-state index in [4.69, 9.17) is 9.47 Å². The van der Waals surface area contributed by atoms with Crippen molar-refractivity contribution in [3.05, 3.63) is 29.8 Å². The average Bonchev–Trinajstić information content (AvgIpc) is 3.45. The summed E-state index contributed by atoms with van der Waals surface area (Å²) in [5, 5.41) is 3.65. The van der Waals surface area contributed by atoms with Crippen molar-refractivity contribution in [3.8, 4) is 5.75 Å². The van der Waals surface area contributed by atoms with E-state index in [9.17, 15) is 4.79 Å². The summed E-state index contributed by atoms with van der Waals surface area (Å²) in [5.74, 6) is 1.81. The van der Waals surface area contributed by atoms with Crippen LogP contribution in [0.5, 0.6) is 5.75 Å². The lowest BCUT2D eigenvalue weighted by Gasteiger charge is -2.32. The second kappa shape index (κ2) is 8.49. The SMILES string of the molecule is COCCOc1ccc(C(=O)N2CCC(NCC3CC3)CC2)cc1. The molecule has 3 rings (SSSR count). The van der Waals surface area contributed by atoms with E-state index in [1.807, 2.05) is 29.2 Å². The van der Waals surface area contributed by atoms with Gasteiger partial charge in [0.05, 0.1) is 6.61 Å². The maximum Gasteiger partial charge on any atom is 0.253 e. The number of ether oxygens (including phenoxy) is 2. The van der Waals surface area contributed by atoms with Crippen LogP contribution >= 0.6 is 0 Å². The second-order valence-electron chi connectivity index (χ2n) is 6.78. The molecule has 1 saturated heterocycles.